The minimum absolute atomic E-state index is 0.0134. The Morgan fingerprint density at radius 2 is 1.35 bits per heavy atom. The summed E-state index contributed by atoms with van der Waals surface area (Å²) in [5.41, 5.74) is -0.710. The maximum Gasteiger partial charge on any atom is 0.490 e. The second-order valence-corrected chi connectivity index (χ2v) is 9.95. The van der Waals surface area contributed by atoms with E-state index in [2.05, 4.69) is 15.6 Å². The summed E-state index contributed by atoms with van der Waals surface area (Å²) in [5.74, 6) is -3.70. The zero-order chi connectivity index (χ0) is 32.2. The van der Waals surface area contributed by atoms with Gasteiger partial charge >= 0.3 is 24.5 Å². The lowest BCUT2D eigenvalue weighted by atomic mass is 9.90. The molecule has 2 aromatic carbocycles. The van der Waals surface area contributed by atoms with Crippen molar-refractivity contribution in [1.29, 1.82) is 0 Å². The van der Waals surface area contributed by atoms with Gasteiger partial charge in [-0.3, -0.25) is 9.78 Å². The molecule has 3 aromatic rings. The molecule has 15 heteroatoms. The Morgan fingerprint density at radius 3 is 1.86 bits per heavy atom. The molecule has 6 nitrogen and oxygen atoms in total. The molecule has 1 aromatic heterocycles. The summed E-state index contributed by atoms with van der Waals surface area (Å²) >= 11 is 0. The van der Waals surface area contributed by atoms with Crippen LogP contribution < -0.4 is 10.6 Å². The molecule has 4 rings (SSSR count). The molecule has 1 heterocycles. The van der Waals surface area contributed by atoms with E-state index >= 15 is 0 Å². The molecule has 1 saturated carbocycles. The number of rotatable bonds is 5. The highest BCUT2D eigenvalue weighted by molar-refractivity contribution is 5.95. The number of nitrogens with one attached hydrogen (secondary N) is 2. The van der Waals surface area contributed by atoms with Crippen LogP contribution in [-0.4, -0.2) is 40.2 Å². The van der Waals surface area contributed by atoms with Gasteiger partial charge in [0.25, 0.3) is 5.91 Å². The van der Waals surface area contributed by atoms with Gasteiger partial charge in [0, 0.05) is 29.6 Å². The predicted molar refractivity (Wildman–Crippen MR) is 137 cm³/mol. The molecule has 0 saturated heterocycles. The van der Waals surface area contributed by atoms with E-state index in [-0.39, 0.29) is 18.2 Å². The Balaban J connectivity index is 0.000000646. The van der Waals surface area contributed by atoms with Crippen molar-refractivity contribution in [2.45, 2.75) is 69.8 Å². The average Bonchev–Trinajstić information content (AvgIpc) is 2.91. The lowest BCUT2D eigenvalue weighted by Gasteiger charge is -2.30. The van der Waals surface area contributed by atoms with Crippen molar-refractivity contribution in [3.05, 3.63) is 76.5 Å². The number of fused-ring (bicyclic) bond motifs is 1. The Labute approximate surface area is 239 Å². The number of hydrogen-bond acceptors (Lipinski definition) is 4. The average molecular weight is 624 g/mol. The molecule has 3 N–H and O–H groups in total. The van der Waals surface area contributed by atoms with Gasteiger partial charge in [-0.2, -0.15) is 39.5 Å². The van der Waals surface area contributed by atoms with Gasteiger partial charge in [0.2, 0.25) is 0 Å². The Kier molecular flexibility index (Phi) is 10.3. The Bertz CT molecular complexity index is 1410. The first-order valence-corrected chi connectivity index (χ1v) is 12.8. The van der Waals surface area contributed by atoms with Crippen molar-refractivity contribution in [3.8, 4) is 0 Å². The maximum absolute atomic E-state index is 13.1. The van der Waals surface area contributed by atoms with Crippen molar-refractivity contribution < 1.29 is 54.2 Å². The van der Waals surface area contributed by atoms with E-state index < -0.39 is 47.1 Å². The standard InChI is InChI=1S/C26H25F6N3O.C2HF3O2/c1-15-10-21(34-23-5-3-2-4-22(15)23)14-33-19-6-8-20(9-7-19)35-24(36)16-11-17(25(27,28)29)13-18(12-16)26(30,31)32;3-2(4,5)1(6)7/h2-5,10-13,19-20,33H,6-9,14H2,1H3,(H,35,36);(H,6,7)/t19-,20+;. The van der Waals surface area contributed by atoms with Crippen LogP contribution in [0.3, 0.4) is 0 Å². The van der Waals surface area contributed by atoms with E-state index in [4.69, 9.17) is 9.90 Å². The highest BCUT2D eigenvalue weighted by atomic mass is 19.4. The molecule has 1 aliphatic rings. The summed E-state index contributed by atoms with van der Waals surface area (Å²) in [7, 11) is 0. The summed E-state index contributed by atoms with van der Waals surface area (Å²) in [5, 5.41) is 14.3. The Hall–Kier alpha value is -3.88. The molecule has 43 heavy (non-hydrogen) atoms. The van der Waals surface area contributed by atoms with E-state index in [1.54, 1.807) is 0 Å². The lowest BCUT2D eigenvalue weighted by molar-refractivity contribution is -0.192. The van der Waals surface area contributed by atoms with Crippen LogP contribution in [0, 0.1) is 6.92 Å². The first kappa shape index (κ1) is 33.6. The number of hydrogen-bond donors (Lipinski definition) is 3. The van der Waals surface area contributed by atoms with E-state index in [1.807, 2.05) is 37.3 Å². The second kappa shape index (κ2) is 13.2. The quantitative estimate of drug-likeness (QED) is 0.265. The lowest BCUT2D eigenvalue weighted by Crippen LogP contribution is -2.42. The van der Waals surface area contributed by atoms with Gasteiger partial charge in [0.05, 0.1) is 22.3 Å². The zero-order valence-electron chi connectivity index (χ0n) is 22.4. The molecule has 0 bridgehead atoms. The predicted octanol–water partition coefficient (Wildman–Crippen LogP) is 7.04. The first-order chi connectivity index (χ1) is 19.8. The van der Waals surface area contributed by atoms with Crippen molar-refractivity contribution >= 4 is 22.8 Å². The van der Waals surface area contributed by atoms with E-state index in [9.17, 15) is 44.3 Å². The van der Waals surface area contributed by atoms with Crippen LogP contribution in [0.15, 0.2) is 48.5 Å². The monoisotopic (exact) mass is 623 g/mol. The van der Waals surface area contributed by atoms with Crippen LogP contribution in [0.5, 0.6) is 0 Å². The number of benzene rings is 2. The van der Waals surface area contributed by atoms with Gasteiger partial charge in [0.15, 0.2) is 0 Å². The number of aryl methyl sites for hydroxylation is 1. The third-order valence-electron chi connectivity index (χ3n) is 6.70. The number of halogens is 9. The van der Waals surface area contributed by atoms with Crippen LogP contribution in [0.1, 0.15) is 58.4 Å². The van der Waals surface area contributed by atoms with Gasteiger partial charge in [-0.25, -0.2) is 4.79 Å². The molecular formula is C28H26F9N3O3. The molecule has 1 aliphatic carbocycles. The SMILES string of the molecule is Cc1cc(CN[C@H]2CC[C@@H](NC(=O)c3cc(C(F)(F)F)cc(C(F)(F)F)c3)CC2)nc2ccccc12.O=C(O)C(F)(F)F. The number of amides is 1. The fraction of sp³-hybridized carbons (Fsp3) is 0.393. The Morgan fingerprint density at radius 1 is 0.837 bits per heavy atom. The molecule has 0 spiro atoms. The number of nitrogens with zero attached hydrogens (tertiary/aromatic N) is 1. The van der Waals surface area contributed by atoms with Crippen molar-refractivity contribution in [1.82, 2.24) is 15.6 Å². The number of aliphatic carboxylic acids is 1. The molecule has 1 amide bonds. The van der Waals surface area contributed by atoms with Gasteiger partial charge in [-0.05, 0) is 68.5 Å². The first-order valence-electron chi connectivity index (χ1n) is 12.8. The van der Waals surface area contributed by atoms with Gasteiger partial charge < -0.3 is 15.7 Å². The summed E-state index contributed by atoms with van der Waals surface area (Å²) < 4.78 is 110. The van der Waals surface area contributed by atoms with Crippen LogP contribution >= 0.6 is 0 Å². The van der Waals surface area contributed by atoms with Crippen molar-refractivity contribution in [3.63, 3.8) is 0 Å². The zero-order valence-corrected chi connectivity index (χ0v) is 22.4. The minimum atomic E-state index is -5.08. The molecular weight excluding hydrogens is 597 g/mol. The molecule has 1 fully saturated rings. The van der Waals surface area contributed by atoms with Crippen LogP contribution in [0.4, 0.5) is 39.5 Å². The number of aromatic nitrogens is 1. The maximum atomic E-state index is 13.1. The van der Waals surface area contributed by atoms with E-state index in [0.717, 1.165) is 22.2 Å². The topological polar surface area (TPSA) is 91.3 Å². The highest BCUT2D eigenvalue weighted by Crippen LogP contribution is 2.36. The third-order valence-corrected chi connectivity index (χ3v) is 6.70. The molecule has 0 radical (unpaired) electrons. The molecule has 0 atom stereocenters. The van der Waals surface area contributed by atoms with Gasteiger partial charge in [-0.1, -0.05) is 18.2 Å². The van der Waals surface area contributed by atoms with Crippen LogP contribution in [-0.2, 0) is 23.7 Å². The number of carbonyl (C=O) groups is 2. The van der Waals surface area contributed by atoms with Gasteiger partial charge in [-0.15, -0.1) is 0 Å². The van der Waals surface area contributed by atoms with E-state index in [0.29, 0.717) is 44.4 Å². The normalized spacial score (nSPS) is 17.6. The number of carboxylic acid groups (broad SMARTS) is 1. The van der Waals surface area contributed by atoms with Crippen LogP contribution in [0.25, 0.3) is 10.9 Å². The number of carbonyl (C=O) groups excluding carboxylic acids is 1. The summed E-state index contributed by atoms with van der Waals surface area (Å²) in [6, 6.07) is 10.7. The summed E-state index contributed by atoms with van der Waals surface area (Å²) in [6.45, 7) is 2.60. The fourth-order valence-corrected chi connectivity index (χ4v) is 4.56. The number of alkyl halides is 9. The van der Waals surface area contributed by atoms with E-state index in [1.165, 1.54) is 0 Å². The minimum Gasteiger partial charge on any atom is -0.475 e. The highest BCUT2D eigenvalue weighted by Gasteiger charge is 2.39. The van der Waals surface area contributed by atoms with Crippen molar-refractivity contribution in [2.24, 2.45) is 0 Å². The second-order valence-electron chi connectivity index (χ2n) is 9.95. The number of pyridine rings is 1. The summed E-state index contributed by atoms with van der Waals surface area (Å²) in [6.07, 6.45) is -12.6. The van der Waals surface area contributed by atoms with Gasteiger partial charge in [0.1, 0.15) is 0 Å². The summed E-state index contributed by atoms with van der Waals surface area (Å²) in [4.78, 5) is 26.1. The fourth-order valence-electron chi connectivity index (χ4n) is 4.56. The smallest absolute Gasteiger partial charge is 0.475 e. The largest absolute Gasteiger partial charge is 0.490 e. The molecule has 234 valence electrons. The molecule has 0 unspecified atom stereocenters. The number of para-hydroxylation sites is 1. The van der Waals surface area contributed by atoms with Crippen LogP contribution in [0.2, 0.25) is 0 Å². The van der Waals surface area contributed by atoms with Crippen molar-refractivity contribution in [2.75, 3.05) is 0 Å². The third kappa shape index (κ3) is 9.56. The number of carboxylic acids is 1. The molecule has 0 aliphatic heterocycles.